The molecule has 4 heteroatoms. The molecule has 1 aliphatic rings. The molecule has 1 aliphatic carbocycles. The summed E-state index contributed by atoms with van der Waals surface area (Å²) in [4.78, 5) is 13.4. The molecule has 1 saturated carbocycles. The molecule has 1 aromatic rings. The van der Waals surface area contributed by atoms with Gasteiger partial charge in [0.05, 0.1) is 18.4 Å². The first kappa shape index (κ1) is 13.4. The highest BCUT2D eigenvalue weighted by atomic mass is 16.5. The van der Waals surface area contributed by atoms with Gasteiger partial charge in [-0.3, -0.25) is 4.79 Å². The summed E-state index contributed by atoms with van der Waals surface area (Å²) in [6, 6.07) is 7.98. The quantitative estimate of drug-likeness (QED) is 0.836. The summed E-state index contributed by atoms with van der Waals surface area (Å²) in [5.74, 6) is 1.09. The fraction of sp³-hybridized carbons (Fsp3) is 0.467. The van der Waals surface area contributed by atoms with E-state index in [4.69, 9.17) is 4.74 Å². The van der Waals surface area contributed by atoms with E-state index in [0.29, 0.717) is 30.2 Å². The largest absolute Gasteiger partial charge is 0.497 e. The van der Waals surface area contributed by atoms with Gasteiger partial charge in [-0.15, -0.1) is 0 Å². The van der Waals surface area contributed by atoms with Gasteiger partial charge in [-0.25, -0.2) is 0 Å². The molecule has 2 rings (SSSR count). The molecular weight excluding hydrogens is 240 g/mol. The standard InChI is InChI=1S/C15H18N2O2/c1-17(12-4-6-13(18)7-5-12)15-9-14(19-2)8-3-11(15)10-16/h3,8-9,12H,4-7H2,1-2H3. The molecule has 4 nitrogen and oxygen atoms in total. The number of carbonyl (C=O) groups is 1. The van der Waals surface area contributed by atoms with Crippen molar-refractivity contribution in [2.75, 3.05) is 19.1 Å². The van der Waals surface area contributed by atoms with Crippen molar-refractivity contribution in [3.63, 3.8) is 0 Å². The Balaban J connectivity index is 2.24. The minimum atomic E-state index is 0.317. The fourth-order valence-electron chi connectivity index (χ4n) is 2.53. The van der Waals surface area contributed by atoms with Gasteiger partial charge in [0.1, 0.15) is 17.6 Å². The van der Waals surface area contributed by atoms with Crippen LogP contribution in [0.25, 0.3) is 0 Å². The molecule has 1 fully saturated rings. The van der Waals surface area contributed by atoms with Crippen LogP contribution in [0.3, 0.4) is 0 Å². The van der Waals surface area contributed by atoms with Crippen LogP contribution in [0.4, 0.5) is 5.69 Å². The lowest BCUT2D eigenvalue weighted by Crippen LogP contribution is -2.35. The van der Waals surface area contributed by atoms with Gasteiger partial charge >= 0.3 is 0 Å². The first-order valence-electron chi connectivity index (χ1n) is 6.48. The van der Waals surface area contributed by atoms with E-state index in [1.165, 1.54) is 0 Å². The molecule has 0 saturated heterocycles. The van der Waals surface area contributed by atoms with Crippen molar-refractivity contribution in [2.45, 2.75) is 31.7 Å². The van der Waals surface area contributed by atoms with Crippen LogP contribution in [0.5, 0.6) is 5.75 Å². The number of anilines is 1. The monoisotopic (exact) mass is 258 g/mol. The summed E-state index contributed by atoms with van der Waals surface area (Å²) in [5, 5.41) is 9.20. The number of Topliss-reactive ketones (excluding diaryl/α,β-unsaturated/α-hetero) is 1. The number of hydrogen-bond donors (Lipinski definition) is 0. The number of ketones is 1. The molecule has 0 radical (unpaired) electrons. The molecule has 0 unspecified atom stereocenters. The molecule has 0 aliphatic heterocycles. The maximum absolute atomic E-state index is 11.3. The Bertz CT molecular complexity index is 509. The Labute approximate surface area is 113 Å². The van der Waals surface area contributed by atoms with Gasteiger partial charge in [0, 0.05) is 32.0 Å². The van der Waals surface area contributed by atoms with Crippen molar-refractivity contribution in [3.8, 4) is 11.8 Å². The van der Waals surface area contributed by atoms with Crippen molar-refractivity contribution in [1.29, 1.82) is 5.26 Å². The van der Waals surface area contributed by atoms with E-state index < -0.39 is 0 Å². The predicted octanol–water partition coefficient (Wildman–Crippen LogP) is 2.51. The highest BCUT2D eigenvalue weighted by molar-refractivity contribution is 5.79. The van der Waals surface area contributed by atoms with E-state index in [9.17, 15) is 10.1 Å². The average Bonchev–Trinajstić information content (AvgIpc) is 2.46. The van der Waals surface area contributed by atoms with Gasteiger partial charge in [0.2, 0.25) is 0 Å². The van der Waals surface area contributed by atoms with Gasteiger partial charge in [-0.1, -0.05) is 0 Å². The fourth-order valence-corrected chi connectivity index (χ4v) is 2.53. The van der Waals surface area contributed by atoms with Crippen LogP contribution in [0, 0.1) is 11.3 Å². The first-order chi connectivity index (χ1) is 9.15. The number of nitriles is 1. The first-order valence-corrected chi connectivity index (χ1v) is 6.48. The maximum Gasteiger partial charge on any atom is 0.133 e. The molecule has 0 amide bonds. The summed E-state index contributed by atoms with van der Waals surface area (Å²) in [6.07, 6.45) is 3.00. The van der Waals surface area contributed by atoms with Crippen LogP contribution in [-0.2, 0) is 4.79 Å². The van der Waals surface area contributed by atoms with Crippen molar-refractivity contribution < 1.29 is 9.53 Å². The maximum atomic E-state index is 11.3. The molecular formula is C15H18N2O2. The second-order valence-corrected chi connectivity index (χ2v) is 4.88. The highest BCUT2D eigenvalue weighted by Gasteiger charge is 2.24. The van der Waals surface area contributed by atoms with Crippen molar-refractivity contribution in [3.05, 3.63) is 23.8 Å². The van der Waals surface area contributed by atoms with E-state index in [-0.39, 0.29) is 0 Å². The van der Waals surface area contributed by atoms with Crippen molar-refractivity contribution in [1.82, 2.24) is 0 Å². The van der Waals surface area contributed by atoms with E-state index in [2.05, 4.69) is 11.0 Å². The minimum Gasteiger partial charge on any atom is -0.497 e. The van der Waals surface area contributed by atoms with Crippen LogP contribution < -0.4 is 9.64 Å². The van der Waals surface area contributed by atoms with E-state index in [0.717, 1.165) is 24.3 Å². The Morgan fingerprint density at radius 3 is 2.63 bits per heavy atom. The number of benzene rings is 1. The molecule has 0 N–H and O–H groups in total. The third kappa shape index (κ3) is 2.87. The third-order valence-corrected chi connectivity index (χ3v) is 3.77. The zero-order valence-corrected chi connectivity index (χ0v) is 11.3. The van der Waals surface area contributed by atoms with Gasteiger partial charge in [0.25, 0.3) is 0 Å². The topological polar surface area (TPSA) is 53.3 Å². The molecule has 0 aromatic heterocycles. The smallest absolute Gasteiger partial charge is 0.133 e. The molecule has 0 bridgehead atoms. The normalized spacial score (nSPS) is 15.9. The lowest BCUT2D eigenvalue weighted by Gasteiger charge is -2.33. The Morgan fingerprint density at radius 2 is 2.05 bits per heavy atom. The van der Waals surface area contributed by atoms with Gasteiger partial charge < -0.3 is 9.64 Å². The van der Waals surface area contributed by atoms with Crippen LogP contribution >= 0.6 is 0 Å². The van der Waals surface area contributed by atoms with Crippen LogP contribution in [0.2, 0.25) is 0 Å². The molecule has 0 atom stereocenters. The number of hydrogen-bond acceptors (Lipinski definition) is 4. The summed E-state index contributed by atoms with van der Waals surface area (Å²) in [7, 11) is 3.60. The summed E-state index contributed by atoms with van der Waals surface area (Å²) in [5.41, 5.74) is 1.52. The Kier molecular flexibility index (Phi) is 4.06. The van der Waals surface area contributed by atoms with Crippen LogP contribution in [0.15, 0.2) is 18.2 Å². The Morgan fingerprint density at radius 1 is 1.37 bits per heavy atom. The highest BCUT2D eigenvalue weighted by Crippen LogP contribution is 2.30. The lowest BCUT2D eigenvalue weighted by atomic mass is 9.93. The van der Waals surface area contributed by atoms with Crippen LogP contribution in [0.1, 0.15) is 31.2 Å². The van der Waals surface area contributed by atoms with E-state index in [1.54, 1.807) is 19.2 Å². The van der Waals surface area contributed by atoms with E-state index >= 15 is 0 Å². The summed E-state index contributed by atoms with van der Waals surface area (Å²) < 4.78 is 5.22. The molecule has 0 heterocycles. The van der Waals surface area contributed by atoms with E-state index in [1.807, 2.05) is 13.1 Å². The zero-order chi connectivity index (χ0) is 13.8. The second-order valence-electron chi connectivity index (χ2n) is 4.88. The molecule has 0 spiro atoms. The number of nitrogens with zero attached hydrogens (tertiary/aromatic N) is 2. The minimum absolute atomic E-state index is 0.317. The number of rotatable bonds is 3. The third-order valence-electron chi connectivity index (χ3n) is 3.77. The van der Waals surface area contributed by atoms with Gasteiger partial charge in [-0.2, -0.15) is 5.26 Å². The number of methoxy groups -OCH3 is 1. The average molecular weight is 258 g/mol. The molecule has 1 aromatic carbocycles. The van der Waals surface area contributed by atoms with Crippen molar-refractivity contribution in [2.24, 2.45) is 0 Å². The number of carbonyl (C=O) groups excluding carboxylic acids is 1. The van der Waals surface area contributed by atoms with Crippen molar-refractivity contribution >= 4 is 11.5 Å². The molecule has 19 heavy (non-hydrogen) atoms. The Hall–Kier alpha value is -2.02. The number of ether oxygens (including phenoxy) is 1. The molecule has 100 valence electrons. The second kappa shape index (κ2) is 5.75. The SMILES string of the molecule is COc1ccc(C#N)c(N(C)C2CCC(=O)CC2)c1. The van der Waals surface area contributed by atoms with Crippen LogP contribution in [-0.4, -0.2) is 26.0 Å². The van der Waals surface area contributed by atoms with Gasteiger partial charge in [-0.05, 0) is 25.0 Å². The van der Waals surface area contributed by atoms with Gasteiger partial charge in [0.15, 0.2) is 0 Å². The summed E-state index contributed by atoms with van der Waals surface area (Å²) >= 11 is 0. The zero-order valence-electron chi connectivity index (χ0n) is 11.3. The lowest BCUT2D eigenvalue weighted by molar-refractivity contribution is -0.120. The predicted molar refractivity (Wildman–Crippen MR) is 73.4 cm³/mol. The summed E-state index contributed by atoms with van der Waals surface area (Å²) in [6.45, 7) is 0.